The van der Waals surface area contributed by atoms with Gasteiger partial charge < -0.3 is 5.32 Å². The number of pyridine rings is 1. The number of allylic oxidation sites excluding steroid dienone is 1. The van der Waals surface area contributed by atoms with Gasteiger partial charge in [-0.05, 0) is 36.8 Å². The number of aromatic nitrogens is 1. The number of para-hydroxylation sites is 2. The lowest BCUT2D eigenvalue weighted by molar-refractivity contribution is -0.669. The van der Waals surface area contributed by atoms with Gasteiger partial charge in [0.15, 0.2) is 0 Å². The van der Waals surface area contributed by atoms with E-state index >= 15 is 0 Å². The van der Waals surface area contributed by atoms with E-state index in [4.69, 9.17) is 0 Å². The lowest BCUT2D eigenvalue weighted by atomic mass is 10.1. The van der Waals surface area contributed by atoms with E-state index in [1.54, 1.807) is 0 Å². The summed E-state index contributed by atoms with van der Waals surface area (Å²) in [5, 5.41) is 4.78. The number of hydrogen-bond acceptors (Lipinski definition) is 1. The lowest BCUT2D eigenvalue weighted by Gasteiger charge is -2.15. The van der Waals surface area contributed by atoms with Crippen molar-refractivity contribution in [1.82, 2.24) is 0 Å². The van der Waals surface area contributed by atoms with Gasteiger partial charge in [0.2, 0.25) is 11.2 Å². The predicted octanol–water partition coefficient (Wildman–Crippen LogP) is 4.63. The summed E-state index contributed by atoms with van der Waals surface area (Å²) in [4.78, 5) is 0. The topological polar surface area (TPSA) is 15.9 Å². The summed E-state index contributed by atoms with van der Waals surface area (Å²) in [7, 11) is 0. The van der Waals surface area contributed by atoms with Crippen molar-refractivity contribution in [3.8, 4) is 0 Å². The normalized spacial score (nSPS) is 14.7. The Bertz CT molecular complexity index is 935. The van der Waals surface area contributed by atoms with Crippen molar-refractivity contribution >= 4 is 28.7 Å². The van der Waals surface area contributed by atoms with Crippen LogP contribution in [0.1, 0.15) is 18.2 Å². The first-order valence-electron chi connectivity index (χ1n) is 8.02. The summed E-state index contributed by atoms with van der Waals surface area (Å²) in [6.07, 6.45) is 6.51. The molecule has 112 valence electrons. The smallest absolute Gasteiger partial charge is 0.212 e. The molecule has 0 bridgehead atoms. The third-order valence-electron chi connectivity index (χ3n) is 4.27. The van der Waals surface area contributed by atoms with E-state index in [0.717, 1.165) is 17.9 Å². The Labute approximate surface area is 136 Å². The minimum Gasteiger partial charge on any atom is -0.355 e. The van der Waals surface area contributed by atoms with Gasteiger partial charge in [-0.25, -0.2) is 0 Å². The van der Waals surface area contributed by atoms with Gasteiger partial charge in [0.05, 0.1) is 0 Å². The van der Waals surface area contributed by atoms with Gasteiger partial charge in [-0.1, -0.05) is 36.4 Å². The molecule has 1 aliphatic rings. The zero-order valence-electron chi connectivity index (χ0n) is 13.2. The maximum atomic E-state index is 3.51. The summed E-state index contributed by atoms with van der Waals surface area (Å²) >= 11 is 0. The fourth-order valence-electron chi connectivity index (χ4n) is 3.13. The molecule has 2 heterocycles. The molecule has 2 aromatic carbocycles. The molecule has 0 saturated carbocycles. The van der Waals surface area contributed by atoms with E-state index in [1.807, 2.05) is 0 Å². The standard InChI is InChI=1S/C21H18N2/c1-2-23-19(14-12-17-8-4-6-10-21(17)23)15-18-13-11-16-7-3-5-9-20(16)22-18/h3-15H,2H2,1H3/p+1. The van der Waals surface area contributed by atoms with Crippen LogP contribution in [0.2, 0.25) is 0 Å². The first-order valence-corrected chi connectivity index (χ1v) is 8.02. The molecule has 0 aliphatic carbocycles. The average molecular weight is 299 g/mol. The zero-order valence-corrected chi connectivity index (χ0v) is 13.2. The fourth-order valence-corrected chi connectivity index (χ4v) is 3.13. The largest absolute Gasteiger partial charge is 0.355 e. The van der Waals surface area contributed by atoms with Crippen LogP contribution in [0.5, 0.6) is 0 Å². The van der Waals surface area contributed by atoms with Crippen LogP contribution in [-0.4, -0.2) is 0 Å². The molecule has 4 rings (SSSR count). The Kier molecular flexibility index (Phi) is 3.43. The number of benzene rings is 2. The van der Waals surface area contributed by atoms with Crippen LogP contribution in [0.3, 0.4) is 0 Å². The van der Waals surface area contributed by atoms with Crippen molar-refractivity contribution in [3.05, 3.63) is 83.7 Å². The minimum absolute atomic E-state index is 0.945. The minimum atomic E-state index is 0.945. The second-order valence-corrected chi connectivity index (χ2v) is 5.71. The number of fused-ring (bicyclic) bond motifs is 2. The second kappa shape index (κ2) is 5.73. The van der Waals surface area contributed by atoms with Gasteiger partial charge in [-0.3, -0.25) is 0 Å². The van der Waals surface area contributed by atoms with Crippen LogP contribution >= 0.6 is 0 Å². The molecule has 23 heavy (non-hydrogen) atoms. The SMILES string of the molecule is CC[n+]1c(C=C2C=Cc3ccccc3N2)ccc2ccccc21. The maximum absolute atomic E-state index is 3.51. The summed E-state index contributed by atoms with van der Waals surface area (Å²) in [6.45, 7) is 3.13. The molecule has 3 aromatic rings. The second-order valence-electron chi connectivity index (χ2n) is 5.71. The number of hydrogen-bond donors (Lipinski definition) is 1. The highest BCUT2D eigenvalue weighted by Gasteiger charge is 2.13. The van der Waals surface area contributed by atoms with E-state index in [2.05, 4.69) is 95.7 Å². The molecular weight excluding hydrogens is 280 g/mol. The molecule has 0 spiro atoms. The van der Waals surface area contributed by atoms with E-state index in [1.165, 1.54) is 22.2 Å². The molecule has 0 unspecified atom stereocenters. The number of nitrogens with zero attached hydrogens (tertiary/aromatic N) is 1. The number of rotatable bonds is 2. The zero-order chi connectivity index (χ0) is 15.6. The van der Waals surface area contributed by atoms with Crippen LogP contribution in [-0.2, 0) is 6.54 Å². The van der Waals surface area contributed by atoms with Crippen molar-refractivity contribution in [2.45, 2.75) is 13.5 Å². The van der Waals surface area contributed by atoms with Crippen molar-refractivity contribution in [2.75, 3.05) is 5.32 Å². The van der Waals surface area contributed by atoms with Crippen LogP contribution < -0.4 is 9.88 Å². The third-order valence-corrected chi connectivity index (χ3v) is 4.27. The summed E-state index contributed by atoms with van der Waals surface area (Å²) in [6, 6.07) is 21.3. The molecule has 1 aliphatic heterocycles. The molecule has 0 saturated heterocycles. The molecule has 0 amide bonds. The Hall–Kier alpha value is -2.87. The van der Waals surface area contributed by atoms with Gasteiger partial charge >= 0.3 is 0 Å². The van der Waals surface area contributed by atoms with Gasteiger partial charge in [0.1, 0.15) is 6.54 Å². The van der Waals surface area contributed by atoms with Crippen molar-refractivity contribution in [3.63, 3.8) is 0 Å². The highest BCUT2D eigenvalue weighted by atomic mass is 15.0. The fraction of sp³-hybridized carbons (Fsp3) is 0.0952. The van der Waals surface area contributed by atoms with Crippen LogP contribution in [0.25, 0.3) is 23.1 Å². The lowest BCUT2D eigenvalue weighted by Crippen LogP contribution is -2.36. The Morgan fingerprint density at radius 1 is 0.913 bits per heavy atom. The number of nitrogens with one attached hydrogen (secondary N) is 1. The molecule has 0 radical (unpaired) electrons. The quantitative estimate of drug-likeness (QED) is 0.682. The summed E-state index contributed by atoms with van der Waals surface area (Å²) in [5.74, 6) is 0. The van der Waals surface area contributed by atoms with E-state index in [0.29, 0.717) is 0 Å². The Morgan fingerprint density at radius 3 is 2.65 bits per heavy atom. The first-order chi connectivity index (χ1) is 11.3. The van der Waals surface area contributed by atoms with E-state index < -0.39 is 0 Å². The van der Waals surface area contributed by atoms with Crippen molar-refractivity contribution in [1.29, 1.82) is 0 Å². The third kappa shape index (κ3) is 2.53. The van der Waals surface area contributed by atoms with Gasteiger partial charge in [0.25, 0.3) is 0 Å². The van der Waals surface area contributed by atoms with Crippen LogP contribution in [0.4, 0.5) is 5.69 Å². The molecule has 0 fully saturated rings. The summed E-state index contributed by atoms with van der Waals surface area (Å²) in [5.41, 5.74) is 5.97. The molecule has 1 N–H and O–H groups in total. The summed E-state index contributed by atoms with van der Waals surface area (Å²) < 4.78 is 2.35. The van der Waals surface area contributed by atoms with E-state index in [9.17, 15) is 0 Å². The Balaban J connectivity index is 1.79. The molecule has 2 nitrogen and oxygen atoms in total. The monoisotopic (exact) mass is 299 g/mol. The molecule has 1 aromatic heterocycles. The molecule has 2 heteroatoms. The van der Waals surface area contributed by atoms with Crippen LogP contribution in [0.15, 0.2) is 72.4 Å². The highest BCUT2D eigenvalue weighted by Crippen LogP contribution is 2.25. The molecular formula is C21H19N2+. The predicted molar refractivity (Wildman–Crippen MR) is 96.9 cm³/mol. The Morgan fingerprint density at radius 2 is 1.74 bits per heavy atom. The van der Waals surface area contributed by atoms with Crippen LogP contribution in [0, 0.1) is 0 Å². The van der Waals surface area contributed by atoms with E-state index in [-0.39, 0.29) is 0 Å². The van der Waals surface area contributed by atoms with Gasteiger partial charge in [0, 0.05) is 35.0 Å². The average Bonchev–Trinajstić information content (AvgIpc) is 2.61. The van der Waals surface area contributed by atoms with Gasteiger partial charge in [-0.15, -0.1) is 0 Å². The van der Waals surface area contributed by atoms with Gasteiger partial charge in [-0.2, -0.15) is 4.57 Å². The molecule has 0 atom stereocenters. The maximum Gasteiger partial charge on any atom is 0.212 e. The van der Waals surface area contributed by atoms with Crippen molar-refractivity contribution in [2.24, 2.45) is 0 Å². The first kappa shape index (κ1) is 13.8. The van der Waals surface area contributed by atoms with Crippen molar-refractivity contribution < 1.29 is 4.57 Å². The number of aryl methyl sites for hydroxylation is 1. The highest BCUT2D eigenvalue weighted by molar-refractivity contribution is 5.79. The number of anilines is 1.